The number of nitro groups is 1. The van der Waals surface area contributed by atoms with E-state index >= 15 is 0 Å². The summed E-state index contributed by atoms with van der Waals surface area (Å²) >= 11 is 0. The maximum absolute atomic E-state index is 11.9. The van der Waals surface area contributed by atoms with Crippen molar-refractivity contribution in [1.29, 1.82) is 0 Å². The Hall–Kier alpha value is -1.90. The summed E-state index contributed by atoms with van der Waals surface area (Å²) in [5, 5.41) is 18.9. The molecule has 39 heavy (non-hydrogen) atoms. The van der Waals surface area contributed by atoms with Crippen LogP contribution in [0.15, 0.2) is 5.10 Å². The van der Waals surface area contributed by atoms with Gasteiger partial charge in [-0.1, -0.05) is 104 Å². The molecule has 0 unspecified atom stereocenters. The molecular weight excluding hydrogens is 494 g/mol. The monoisotopic (exact) mass is 555 g/mol. The molecule has 0 aliphatic heterocycles. The second-order valence-corrected chi connectivity index (χ2v) is 10.7. The van der Waals surface area contributed by atoms with Gasteiger partial charge in [0.1, 0.15) is 5.10 Å². The summed E-state index contributed by atoms with van der Waals surface area (Å²) < 4.78 is 5.39. The number of hydrazone groups is 1. The third kappa shape index (κ3) is 27.5. The molecular formula is C30H61N5O4. The highest BCUT2D eigenvalue weighted by atomic mass is 16.7. The van der Waals surface area contributed by atoms with Gasteiger partial charge in [0.05, 0.1) is 6.61 Å². The lowest BCUT2D eigenvalue weighted by molar-refractivity contribution is -0.485. The Kier molecular flexibility index (Phi) is 27.7. The minimum atomic E-state index is -0.691. The molecule has 230 valence electrons. The average Bonchev–Trinajstić information content (AvgIpc) is 2.92. The van der Waals surface area contributed by atoms with Crippen molar-refractivity contribution >= 4 is 11.9 Å². The Balaban J connectivity index is 4.00. The van der Waals surface area contributed by atoms with E-state index < -0.39 is 5.03 Å². The van der Waals surface area contributed by atoms with E-state index in [9.17, 15) is 14.9 Å². The Labute approximate surface area is 239 Å². The predicted octanol–water partition coefficient (Wildman–Crippen LogP) is 7.03. The second-order valence-electron chi connectivity index (χ2n) is 10.7. The molecule has 0 aromatic rings. The molecule has 0 aromatic carbocycles. The van der Waals surface area contributed by atoms with Crippen LogP contribution in [0.2, 0.25) is 0 Å². The van der Waals surface area contributed by atoms with Gasteiger partial charge in [0, 0.05) is 20.0 Å². The lowest BCUT2D eigenvalue weighted by Gasteiger charge is -2.22. The van der Waals surface area contributed by atoms with Crippen molar-refractivity contribution in [3.63, 3.8) is 0 Å². The van der Waals surface area contributed by atoms with Gasteiger partial charge in [-0.25, -0.2) is 10.1 Å². The molecule has 0 saturated heterocycles. The van der Waals surface area contributed by atoms with E-state index in [1.165, 1.54) is 77.0 Å². The number of esters is 1. The molecule has 0 heterocycles. The van der Waals surface area contributed by atoms with Gasteiger partial charge in [-0.05, 0) is 51.7 Å². The molecule has 0 spiro atoms. The Morgan fingerprint density at radius 1 is 0.744 bits per heavy atom. The molecule has 0 atom stereocenters. The minimum Gasteiger partial charge on any atom is -0.466 e. The predicted molar refractivity (Wildman–Crippen MR) is 163 cm³/mol. The van der Waals surface area contributed by atoms with Gasteiger partial charge >= 0.3 is 5.97 Å². The quantitative estimate of drug-likeness (QED) is 0.0266. The molecule has 0 aromatic heterocycles. The molecule has 0 bridgehead atoms. The van der Waals surface area contributed by atoms with Crippen molar-refractivity contribution in [3.8, 4) is 0 Å². The summed E-state index contributed by atoms with van der Waals surface area (Å²) in [5.74, 6) is 0.161. The summed E-state index contributed by atoms with van der Waals surface area (Å²) in [7, 11) is 1.63. The molecule has 0 saturated carbocycles. The van der Waals surface area contributed by atoms with Gasteiger partial charge in [0.25, 0.3) is 5.96 Å². The number of nitrogens with zero attached hydrogens (tertiary/aromatic N) is 3. The van der Waals surface area contributed by atoms with Crippen molar-refractivity contribution in [1.82, 2.24) is 15.5 Å². The fourth-order valence-electron chi connectivity index (χ4n) is 4.67. The van der Waals surface area contributed by atoms with Crippen molar-refractivity contribution in [3.05, 3.63) is 10.1 Å². The Morgan fingerprint density at radius 3 is 1.77 bits per heavy atom. The highest BCUT2D eigenvalue weighted by Crippen LogP contribution is 2.11. The lowest BCUT2D eigenvalue weighted by Crippen LogP contribution is -2.37. The zero-order chi connectivity index (χ0) is 28.8. The van der Waals surface area contributed by atoms with Crippen LogP contribution < -0.4 is 10.6 Å². The van der Waals surface area contributed by atoms with Gasteiger partial charge in [0.15, 0.2) is 5.03 Å². The smallest absolute Gasteiger partial charge is 0.305 e. The van der Waals surface area contributed by atoms with Crippen LogP contribution in [0.5, 0.6) is 0 Å². The van der Waals surface area contributed by atoms with E-state index in [4.69, 9.17) is 4.74 Å². The number of ether oxygens (including phenoxy) is 1. The van der Waals surface area contributed by atoms with Gasteiger partial charge < -0.3 is 20.3 Å². The van der Waals surface area contributed by atoms with E-state index in [0.29, 0.717) is 19.6 Å². The zero-order valence-corrected chi connectivity index (χ0v) is 25.7. The number of hydrogen-bond acceptors (Lipinski definition) is 5. The van der Waals surface area contributed by atoms with Crippen LogP contribution in [-0.4, -0.2) is 61.7 Å². The molecule has 0 rings (SSSR count). The summed E-state index contributed by atoms with van der Waals surface area (Å²) in [6, 6.07) is 0. The molecule has 0 fully saturated rings. The summed E-state index contributed by atoms with van der Waals surface area (Å²) in [6.45, 7) is 8.87. The van der Waals surface area contributed by atoms with Crippen LogP contribution in [-0.2, 0) is 9.53 Å². The molecule has 0 aliphatic rings. The number of nitrogens with one attached hydrogen (secondary N) is 2. The van der Waals surface area contributed by atoms with E-state index in [2.05, 4.69) is 34.5 Å². The number of hydrogen-bond donors (Lipinski definition) is 2. The Bertz CT molecular complexity index is 604. The van der Waals surface area contributed by atoms with Crippen LogP contribution in [0, 0.1) is 10.1 Å². The average molecular weight is 556 g/mol. The maximum Gasteiger partial charge on any atom is 0.305 e. The van der Waals surface area contributed by atoms with Crippen LogP contribution in [0.3, 0.4) is 0 Å². The third-order valence-electron chi connectivity index (χ3n) is 7.06. The standard InChI is InChI=1S/C30H61N5O4/c1-4-6-8-10-12-17-21-28-39-29(36)23-18-14-13-16-20-26-34(25-19-15-11-9-7-5-2)27-22-24-32-30(31-3)33-35(37)38/h4-28H2,1-3H3,(H2,31,32,33). The highest BCUT2D eigenvalue weighted by Gasteiger charge is 2.07. The first-order valence-electron chi connectivity index (χ1n) is 16.1. The number of carbonyl (C=O) groups excluding carboxylic acids is 1. The normalized spacial score (nSPS) is 11.6. The van der Waals surface area contributed by atoms with Gasteiger partial charge in [-0.2, -0.15) is 0 Å². The first-order valence-corrected chi connectivity index (χ1v) is 16.1. The van der Waals surface area contributed by atoms with E-state index in [0.717, 1.165) is 64.6 Å². The lowest BCUT2D eigenvalue weighted by atomic mass is 10.1. The molecule has 0 radical (unpaired) electrons. The number of unbranched alkanes of at least 4 members (excludes halogenated alkanes) is 15. The van der Waals surface area contributed by atoms with Gasteiger partial charge in [-0.3, -0.25) is 4.79 Å². The van der Waals surface area contributed by atoms with E-state index in [1.54, 1.807) is 7.05 Å². The summed E-state index contributed by atoms with van der Waals surface area (Å²) in [5.41, 5.74) is 0. The number of carbonyl (C=O) groups is 1. The fraction of sp³-hybridized carbons (Fsp3) is 0.933. The number of rotatable bonds is 28. The topological polar surface area (TPSA) is 109 Å². The molecule has 9 heteroatoms. The Morgan fingerprint density at radius 2 is 1.23 bits per heavy atom. The van der Waals surface area contributed by atoms with Crippen molar-refractivity contribution < 1.29 is 14.6 Å². The third-order valence-corrected chi connectivity index (χ3v) is 7.06. The van der Waals surface area contributed by atoms with Crippen LogP contribution in [0.1, 0.15) is 142 Å². The van der Waals surface area contributed by atoms with Crippen molar-refractivity contribution in [2.45, 2.75) is 142 Å². The summed E-state index contributed by atoms with van der Waals surface area (Å²) in [4.78, 5) is 25.0. The molecule has 9 nitrogen and oxygen atoms in total. The largest absolute Gasteiger partial charge is 0.466 e. The van der Waals surface area contributed by atoms with Gasteiger partial charge in [0.2, 0.25) is 0 Å². The van der Waals surface area contributed by atoms with Crippen LogP contribution in [0.25, 0.3) is 0 Å². The van der Waals surface area contributed by atoms with E-state index in [-0.39, 0.29) is 11.9 Å². The van der Waals surface area contributed by atoms with E-state index in [1.807, 2.05) is 0 Å². The number of guanidine groups is 1. The first kappa shape index (κ1) is 37.1. The minimum absolute atomic E-state index is 0.0376. The van der Waals surface area contributed by atoms with Crippen LogP contribution >= 0.6 is 0 Å². The van der Waals surface area contributed by atoms with Crippen molar-refractivity contribution in [2.75, 3.05) is 39.8 Å². The van der Waals surface area contributed by atoms with Crippen molar-refractivity contribution in [2.24, 2.45) is 5.10 Å². The first-order chi connectivity index (χ1) is 19.0. The molecule has 0 aliphatic carbocycles. The highest BCUT2D eigenvalue weighted by molar-refractivity contribution is 5.78. The zero-order valence-electron chi connectivity index (χ0n) is 25.7. The SMILES string of the molecule is CCCCCCCCCOC(=O)CCCCCCCN(CCCCCCCC)CCCN/C(=N/[N+](=O)[O-])NC. The molecule has 0 amide bonds. The molecule has 2 N–H and O–H groups in total. The van der Waals surface area contributed by atoms with Crippen LogP contribution in [0.4, 0.5) is 0 Å². The van der Waals surface area contributed by atoms with Gasteiger partial charge in [-0.15, -0.1) is 0 Å². The maximum atomic E-state index is 11.9. The second kappa shape index (κ2) is 29.1. The fourth-order valence-corrected chi connectivity index (χ4v) is 4.67. The summed E-state index contributed by atoms with van der Waals surface area (Å²) in [6.07, 6.45) is 23.3.